The van der Waals surface area contributed by atoms with E-state index in [1.807, 2.05) is 19.9 Å². The summed E-state index contributed by atoms with van der Waals surface area (Å²) in [6, 6.07) is 4.92. The maximum absolute atomic E-state index is 13.4. The molecule has 0 aliphatic carbocycles. The second kappa shape index (κ2) is 4.96. The molecular weight excluding hydrogens is 181 g/mol. The first-order chi connectivity index (χ1) is 6.65. The lowest BCUT2D eigenvalue weighted by Crippen LogP contribution is -2.11. The summed E-state index contributed by atoms with van der Waals surface area (Å²) in [4.78, 5) is 0. The highest BCUT2D eigenvalue weighted by molar-refractivity contribution is 5.35. The van der Waals surface area contributed by atoms with Gasteiger partial charge in [0.25, 0.3) is 0 Å². The van der Waals surface area contributed by atoms with Gasteiger partial charge in [0.05, 0.1) is 6.10 Å². The van der Waals surface area contributed by atoms with Crippen LogP contribution in [0.2, 0.25) is 0 Å². The van der Waals surface area contributed by atoms with Gasteiger partial charge in [-0.3, -0.25) is 0 Å². The summed E-state index contributed by atoms with van der Waals surface area (Å²) in [5.74, 6) is 0.0256. The first kappa shape index (κ1) is 11.0. The van der Waals surface area contributed by atoms with Gasteiger partial charge in [-0.25, -0.2) is 4.39 Å². The topological polar surface area (TPSA) is 35.2 Å². The minimum atomic E-state index is -0.315. The van der Waals surface area contributed by atoms with Gasteiger partial charge in [-0.05, 0) is 38.4 Å². The molecule has 0 unspecified atom stereocenters. The summed E-state index contributed by atoms with van der Waals surface area (Å²) in [6.07, 6.45) is 0.614. The summed E-state index contributed by atoms with van der Waals surface area (Å²) in [5, 5.41) is 0. The Hall–Kier alpha value is -1.09. The van der Waals surface area contributed by atoms with Crippen molar-refractivity contribution in [1.82, 2.24) is 0 Å². The van der Waals surface area contributed by atoms with E-state index < -0.39 is 0 Å². The minimum Gasteiger partial charge on any atom is -0.488 e. The van der Waals surface area contributed by atoms with Gasteiger partial charge in [-0.2, -0.15) is 0 Å². The number of hydrogen-bond acceptors (Lipinski definition) is 2. The van der Waals surface area contributed by atoms with Gasteiger partial charge in [-0.15, -0.1) is 0 Å². The van der Waals surface area contributed by atoms with Crippen LogP contribution >= 0.6 is 0 Å². The number of halogens is 1. The maximum atomic E-state index is 13.4. The van der Waals surface area contributed by atoms with Crippen molar-refractivity contribution >= 4 is 0 Å². The molecule has 0 radical (unpaired) electrons. The second-order valence-electron chi connectivity index (χ2n) is 3.43. The van der Waals surface area contributed by atoms with Crippen molar-refractivity contribution in [3.63, 3.8) is 0 Å². The molecule has 1 rings (SSSR count). The first-order valence-corrected chi connectivity index (χ1v) is 4.79. The third-order valence-electron chi connectivity index (χ3n) is 1.82. The lowest BCUT2D eigenvalue weighted by atomic mass is 10.1. The quantitative estimate of drug-likeness (QED) is 0.802. The average molecular weight is 197 g/mol. The Labute approximate surface area is 83.9 Å². The molecule has 78 valence electrons. The van der Waals surface area contributed by atoms with Crippen molar-refractivity contribution in [3.8, 4) is 5.75 Å². The number of hydrogen-bond donors (Lipinski definition) is 1. The Morgan fingerprint density at radius 2 is 2.14 bits per heavy atom. The van der Waals surface area contributed by atoms with Crippen LogP contribution < -0.4 is 10.5 Å². The van der Waals surface area contributed by atoms with Gasteiger partial charge in [0.15, 0.2) is 11.6 Å². The predicted octanol–water partition coefficient (Wildman–Crippen LogP) is 2.11. The predicted molar refractivity (Wildman–Crippen MR) is 54.9 cm³/mol. The first-order valence-electron chi connectivity index (χ1n) is 4.79. The highest BCUT2D eigenvalue weighted by atomic mass is 19.1. The molecule has 3 heteroatoms. The van der Waals surface area contributed by atoms with E-state index in [-0.39, 0.29) is 11.9 Å². The molecule has 2 N–H and O–H groups in total. The van der Waals surface area contributed by atoms with Crippen molar-refractivity contribution in [2.24, 2.45) is 5.73 Å². The van der Waals surface area contributed by atoms with Gasteiger partial charge in [0.2, 0.25) is 0 Å². The van der Waals surface area contributed by atoms with Crippen LogP contribution in [0.15, 0.2) is 18.2 Å². The van der Waals surface area contributed by atoms with E-state index in [4.69, 9.17) is 10.5 Å². The van der Waals surface area contributed by atoms with Crippen LogP contribution in [0.5, 0.6) is 5.75 Å². The zero-order chi connectivity index (χ0) is 10.6. The number of ether oxygens (including phenoxy) is 1. The van der Waals surface area contributed by atoms with Crippen molar-refractivity contribution in [2.75, 3.05) is 6.54 Å². The van der Waals surface area contributed by atoms with E-state index in [2.05, 4.69) is 0 Å². The Bertz CT molecular complexity index is 299. The molecular formula is C11H16FNO. The van der Waals surface area contributed by atoms with Crippen molar-refractivity contribution in [2.45, 2.75) is 26.4 Å². The van der Waals surface area contributed by atoms with Gasteiger partial charge >= 0.3 is 0 Å². The molecule has 0 bridgehead atoms. The molecule has 0 aliphatic rings. The largest absolute Gasteiger partial charge is 0.488 e. The smallest absolute Gasteiger partial charge is 0.165 e. The van der Waals surface area contributed by atoms with Gasteiger partial charge in [0.1, 0.15) is 0 Å². The average Bonchev–Trinajstić information content (AvgIpc) is 2.11. The Morgan fingerprint density at radius 3 is 2.71 bits per heavy atom. The fourth-order valence-electron chi connectivity index (χ4n) is 1.27. The molecule has 0 fully saturated rings. The van der Waals surface area contributed by atoms with Crippen LogP contribution in [-0.4, -0.2) is 12.6 Å². The van der Waals surface area contributed by atoms with Gasteiger partial charge in [0, 0.05) is 0 Å². The van der Waals surface area contributed by atoms with Crippen molar-refractivity contribution in [1.29, 1.82) is 0 Å². The molecule has 0 aromatic heterocycles. The van der Waals surface area contributed by atoms with E-state index in [1.54, 1.807) is 6.07 Å². The van der Waals surface area contributed by atoms with Crippen LogP contribution in [0.1, 0.15) is 19.4 Å². The third kappa shape index (κ3) is 2.70. The Kier molecular flexibility index (Phi) is 3.89. The molecule has 0 saturated heterocycles. The highest BCUT2D eigenvalue weighted by Crippen LogP contribution is 2.23. The molecule has 1 aromatic rings. The molecule has 0 saturated carbocycles. The second-order valence-corrected chi connectivity index (χ2v) is 3.43. The number of nitrogens with two attached hydrogens (primary N) is 1. The molecule has 0 aliphatic heterocycles. The molecule has 0 spiro atoms. The zero-order valence-electron chi connectivity index (χ0n) is 8.59. The van der Waals surface area contributed by atoms with Gasteiger partial charge < -0.3 is 10.5 Å². The normalized spacial score (nSPS) is 10.6. The van der Waals surface area contributed by atoms with Crippen molar-refractivity contribution < 1.29 is 9.13 Å². The van der Waals surface area contributed by atoms with E-state index in [0.717, 1.165) is 5.56 Å². The minimum absolute atomic E-state index is 0.0246. The number of benzene rings is 1. The van der Waals surface area contributed by atoms with Crippen LogP contribution in [0.25, 0.3) is 0 Å². The number of rotatable bonds is 4. The summed E-state index contributed by atoms with van der Waals surface area (Å²) < 4.78 is 18.8. The fourth-order valence-corrected chi connectivity index (χ4v) is 1.27. The third-order valence-corrected chi connectivity index (χ3v) is 1.82. The molecule has 2 nitrogen and oxygen atoms in total. The summed E-state index contributed by atoms with van der Waals surface area (Å²) in [5.41, 5.74) is 6.27. The van der Waals surface area contributed by atoms with E-state index >= 15 is 0 Å². The van der Waals surface area contributed by atoms with Gasteiger partial charge in [-0.1, -0.05) is 12.1 Å². The number of para-hydroxylation sites is 1. The van der Waals surface area contributed by atoms with Crippen LogP contribution in [0.4, 0.5) is 4.39 Å². The van der Waals surface area contributed by atoms with Crippen LogP contribution in [-0.2, 0) is 6.42 Å². The highest BCUT2D eigenvalue weighted by Gasteiger charge is 2.10. The van der Waals surface area contributed by atoms with E-state index in [1.165, 1.54) is 6.07 Å². The Morgan fingerprint density at radius 1 is 1.43 bits per heavy atom. The fraction of sp³-hybridized carbons (Fsp3) is 0.455. The molecule has 0 amide bonds. The molecule has 0 heterocycles. The molecule has 1 aromatic carbocycles. The standard InChI is InChI=1S/C11H16FNO/c1-8(2)14-11-9(6-7-13)4-3-5-10(11)12/h3-5,8H,6-7,13H2,1-2H3. The van der Waals surface area contributed by atoms with E-state index in [9.17, 15) is 4.39 Å². The van der Waals surface area contributed by atoms with Crippen LogP contribution in [0, 0.1) is 5.82 Å². The van der Waals surface area contributed by atoms with Crippen LogP contribution in [0.3, 0.4) is 0 Å². The van der Waals surface area contributed by atoms with E-state index in [0.29, 0.717) is 18.7 Å². The molecule has 0 atom stereocenters. The summed E-state index contributed by atoms with van der Waals surface area (Å²) >= 11 is 0. The molecule has 14 heavy (non-hydrogen) atoms. The lowest BCUT2D eigenvalue weighted by Gasteiger charge is -2.14. The lowest BCUT2D eigenvalue weighted by molar-refractivity contribution is 0.228. The van der Waals surface area contributed by atoms with Crippen molar-refractivity contribution in [3.05, 3.63) is 29.6 Å². The monoisotopic (exact) mass is 197 g/mol. The maximum Gasteiger partial charge on any atom is 0.165 e. The summed E-state index contributed by atoms with van der Waals surface area (Å²) in [6.45, 7) is 4.25. The Balaban J connectivity index is 2.96. The summed E-state index contributed by atoms with van der Waals surface area (Å²) in [7, 11) is 0. The SMILES string of the molecule is CC(C)Oc1c(F)cccc1CCN. The zero-order valence-corrected chi connectivity index (χ0v) is 8.59.